The van der Waals surface area contributed by atoms with Crippen LogP contribution in [0, 0.1) is 0 Å². The van der Waals surface area contributed by atoms with Crippen LogP contribution in [0.25, 0.3) is 11.3 Å². The van der Waals surface area contributed by atoms with Gasteiger partial charge in [-0.2, -0.15) is 0 Å². The molecule has 1 aliphatic rings. The highest BCUT2D eigenvalue weighted by molar-refractivity contribution is 5.95. The number of hydrogen-bond acceptors (Lipinski definition) is 6. The minimum atomic E-state index is -2.57. The molecule has 0 spiro atoms. The molecule has 35 heavy (non-hydrogen) atoms. The van der Waals surface area contributed by atoms with Crippen LogP contribution in [0.4, 0.5) is 0 Å². The van der Waals surface area contributed by atoms with E-state index in [4.69, 9.17) is 14.3 Å². The standard InChI is InChI=1S/C27H29NO7/c29-25(30)10-2-1-5-17-35-24-8-4-3-7-22(24)27(32,33)28(21-15-16-21)26(31)20-13-11-19(12-14-20)23-9-6-18-34-23/h3-4,6-9,11-14,18,21,32-33H,1-2,5,10,15-17H2,(H,29,30). The number of carboxylic acids is 1. The topological polar surface area (TPSA) is 120 Å². The van der Waals surface area contributed by atoms with Gasteiger partial charge in [-0.1, -0.05) is 24.3 Å². The number of unbranched alkanes of at least 4 members (excludes halogenated alkanes) is 2. The van der Waals surface area contributed by atoms with Crippen molar-refractivity contribution in [2.45, 2.75) is 50.5 Å². The predicted octanol–water partition coefficient (Wildman–Crippen LogP) is 4.37. The Morgan fingerprint density at radius 1 is 0.971 bits per heavy atom. The zero-order valence-electron chi connectivity index (χ0n) is 19.3. The van der Waals surface area contributed by atoms with Crippen molar-refractivity contribution in [3.8, 4) is 17.1 Å². The first-order valence-electron chi connectivity index (χ1n) is 11.7. The van der Waals surface area contributed by atoms with Crippen LogP contribution in [0.15, 0.2) is 71.3 Å². The van der Waals surface area contributed by atoms with Crippen molar-refractivity contribution in [2.75, 3.05) is 6.61 Å². The van der Waals surface area contributed by atoms with Crippen LogP contribution in [0.3, 0.4) is 0 Å². The van der Waals surface area contributed by atoms with Gasteiger partial charge in [-0.05, 0) is 68.5 Å². The molecule has 2 aromatic carbocycles. The molecule has 1 fully saturated rings. The van der Waals surface area contributed by atoms with E-state index >= 15 is 0 Å². The van der Waals surface area contributed by atoms with E-state index < -0.39 is 17.8 Å². The molecule has 0 radical (unpaired) electrons. The molecule has 0 unspecified atom stereocenters. The molecule has 1 aromatic heterocycles. The third-order valence-corrected chi connectivity index (χ3v) is 5.95. The van der Waals surface area contributed by atoms with Gasteiger partial charge in [-0.15, -0.1) is 0 Å². The largest absolute Gasteiger partial charge is 0.493 e. The van der Waals surface area contributed by atoms with E-state index in [-0.39, 0.29) is 23.8 Å². The van der Waals surface area contributed by atoms with Crippen molar-refractivity contribution in [1.29, 1.82) is 0 Å². The van der Waals surface area contributed by atoms with Crippen molar-refractivity contribution in [1.82, 2.24) is 4.90 Å². The number of ether oxygens (including phenoxy) is 1. The molecule has 0 atom stereocenters. The predicted molar refractivity (Wildman–Crippen MR) is 127 cm³/mol. The number of rotatable bonds is 12. The lowest BCUT2D eigenvalue weighted by Crippen LogP contribution is -2.51. The number of carbonyl (C=O) groups excluding carboxylic acids is 1. The van der Waals surface area contributed by atoms with Gasteiger partial charge in [0.1, 0.15) is 11.5 Å². The van der Waals surface area contributed by atoms with Crippen LogP contribution < -0.4 is 4.74 Å². The summed E-state index contributed by atoms with van der Waals surface area (Å²) in [5, 5.41) is 31.3. The Morgan fingerprint density at radius 2 is 1.71 bits per heavy atom. The Hall–Kier alpha value is -3.62. The number of carbonyl (C=O) groups is 2. The van der Waals surface area contributed by atoms with Gasteiger partial charge in [0.15, 0.2) is 0 Å². The van der Waals surface area contributed by atoms with Gasteiger partial charge >= 0.3 is 5.97 Å². The molecule has 3 N–H and O–H groups in total. The number of hydrogen-bond donors (Lipinski definition) is 3. The van der Waals surface area contributed by atoms with E-state index in [1.807, 2.05) is 6.07 Å². The van der Waals surface area contributed by atoms with Gasteiger partial charge in [0.2, 0.25) is 0 Å². The Labute approximate surface area is 203 Å². The zero-order chi connectivity index (χ0) is 24.8. The van der Waals surface area contributed by atoms with Crippen LogP contribution >= 0.6 is 0 Å². The molecule has 1 heterocycles. The Bertz CT molecular complexity index is 1130. The molecule has 0 aliphatic heterocycles. The lowest BCUT2D eigenvalue weighted by molar-refractivity contribution is -0.259. The fourth-order valence-electron chi connectivity index (χ4n) is 3.99. The van der Waals surface area contributed by atoms with E-state index in [1.165, 1.54) is 6.07 Å². The molecule has 1 aliphatic carbocycles. The number of aliphatic carboxylic acids is 1. The quantitative estimate of drug-likeness (QED) is 0.261. The molecule has 0 saturated heterocycles. The summed E-state index contributed by atoms with van der Waals surface area (Å²) in [5.74, 6) is -2.95. The average molecular weight is 480 g/mol. The number of aliphatic hydroxyl groups is 2. The monoisotopic (exact) mass is 479 g/mol. The van der Waals surface area contributed by atoms with E-state index in [9.17, 15) is 19.8 Å². The molecule has 1 amide bonds. The van der Waals surface area contributed by atoms with Gasteiger partial charge in [-0.3, -0.25) is 14.5 Å². The SMILES string of the molecule is O=C(O)CCCCCOc1ccccc1C(O)(O)N(C(=O)c1ccc(-c2ccco2)cc1)C1CC1. The van der Waals surface area contributed by atoms with Gasteiger partial charge in [-0.25, -0.2) is 0 Å². The number of furan rings is 1. The van der Waals surface area contributed by atoms with Crippen LogP contribution in [0.1, 0.15) is 54.4 Å². The molecule has 1 saturated carbocycles. The Kier molecular flexibility index (Phi) is 7.53. The molecule has 184 valence electrons. The second-order valence-corrected chi connectivity index (χ2v) is 8.65. The van der Waals surface area contributed by atoms with Crippen molar-refractivity contribution >= 4 is 11.9 Å². The third kappa shape index (κ3) is 5.90. The third-order valence-electron chi connectivity index (χ3n) is 5.95. The number of carboxylic acid groups (broad SMARTS) is 1. The summed E-state index contributed by atoms with van der Waals surface area (Å²) in [7, 11) is 0. The van der Waals surface area contributed by atoms with Crippen molar-refractivity contribution in [2.24, 2.45) is 0 Å². The number of benzene rings is 2. The summed E-state index contributed by atoms with van der Waals surface area (Å²) in [4.78, 5) is 25.2. The zero-order valence-corrected chi connectivity index (χ0v) is 19.3. The summed E-state index contributed by atoms with van der Waals surface area (Å²) >= 11 is 0. The molecule has 0 bridgehead atoms. The van der Waals surface area contributed by atoms with Gasteiger partial charge < -0.3 is 24.5 Å². The molecule has 8 heteroatoms. The summed E-state index contributed by atoms with van der Waals surface area (Å²) in [6.45, 7) is 0.290. The fraction of sp³-hybridized carbons (Fsp3) is 0.333. The molecule has 8 nitrogen and oxygen atoms in total. The molecule has 4 rings (SSSR count). The summed E-state index contributed by atoms with van der Waals surface area (Å²) in [5.41, 5.74) is 1.22. The normalized spacial score (nSPS) is 13.4. The molecule has 3 aromatic rings. The first kappa shape index (κ1) is 24.5. The minimum Gasteiger partial charge on any atom is -0.493 e. The summed E-state index contributed by atoms with van der Waals surface area (Å²) < 4.78 is 11.2. The lowest BCUT2D eigenvalue weighted by Gasteiger charge is -2.36. The van der Waals surface area contributed by atoms with Gasteiger partial charge in [0.25, 0.3) is 11.8 Å². The minimum absolute atomic E-state index is 0.0815. The molecular formula is C27H29NO7. The van der Waals surface area contributed by atoms with Gasteiger partial charge in [0, 0.05) is 23.6 Å². The average Bonchev–Trinajstić information content (AvgIpc) is 3.51. The number of para-hydroxylation sites is 1. The highest BCUT2D eigenvalue weighted by atomic mass is 16.5. The smallest absolute Gasteiger partial charge is 0.303 e. The Balaban J connectivity index is 1.50. The van der Waals surface area contributed by atoms with E-state index in [1.54, 1.807) is 54.8 Å². The Morgan fingerprint density at radius 3 is 2.37 bits per heavy atom. The highest BCUT2D eigenvalue weighted by Gasteiger charge is 2.48. The summed E-state index contributed by atoms with van der Waals surface area (Å²) in [6, 6.07) is 16.6. The highest BCUT2D eigenvalue weighted by Crippen LogP contribution is 2.40. The van der Waals surface area contributed by atoms with Crippen molar-refractivity contribution in [3.05, 3.63) is 78.1 Å². The first-order valence-corrected chi connectivity index (χ1v) is 11.7. The van der Waals surface area contributed by atoms with Crippen LogP contribution in [0.2, 0.25) is 0 Å². The first-order chi connectivity index (χ1) is 16.9. The number of amides is 1. The lowest BCUT2D eigenvalue weighted by atomic mass is 10.1. The van der Waals surface area contributed by atoms with Crippen LogP contribution in [0.5, 0.6) is 5.75 Å². The maximum absolute atomic E-state index is 13.4. The second-order valence-electron chi connectivity index (χ2n) is 8.65. The summed E-state index contributed by atoms with van der Waals surface area (Å²) in [6.07, 6.45) is 4.88. The maximum Gasteiger partial charge on any atom is 0.303 e. The maximum atomic E-state index is 13.4. The van der Waals surface area contributed by atoms with Crippen LogP contribution in [-0.4, -0.2) is 44.7 Å². The number of nitrogens with zero attached hydrogens (tertiary/aromatic N) is 1. The van der Waals surface area contributed by atoms with Crippen molar-refractivity contribution < 1.29 is 34.1 Å². The van der Waals surface area contributed by atoms with E-state index in [2.05, 4.69) is 0 Å². The second kappa shape index (κ2) is 10.8. The molecular weight excluding hydrogens is 450 g/mol. The fourth-order valence-corrected chi connectivity index (χ4v) is 3.99. The van der Waals surface area contributed by atoms with E-state index in [0.29, 0.717) is 50.0 Å². The van der Waals surface area contributed by atoms with Crippen molar-refractivity contribution in [3.63, 3.8) is 0 Å². The van der Waals surface area contributed by atoms with Crippen LogP contribution in [-0.2, 0) is 10.7 Å². The van der Waals surface area contributed by atoms with E-state index in [0.717, 1.165) is 10.5 Å². The van der Waals surface area contributed by atoms with Gasteiger partial charge in [0.05, 0.1) is 18.4 Å².